The molecule has 4 aliphatic carbocycles. The van der Waals surface area contributed by atoms with Gasteiger partial charge in [-0.05, 0) is 115 Å². The summed E-state index contributed by atoms with van der Waals surface area (Å²) < 4.78 is 35.8. The van der Waals surface area contributed by atoms with E-state index in [4.69, 9.17) is 11.2 Å². The maximum Gasteiger partial charge on any atom is 0.336 e. The molecule has 4 aliphatic rings. The van der Waals surface area contributed by atoms with Gasteiger partial charge in [-0.3, -0.25) is 4.79 Å². The first-order valence-corrected chi connectivity index (χ1v) is 13.6. The summed E-state index contributed by atoms with van der Waals surface area (Å²) in [5, 5.41) is 11.6. The smallest absolute Gasteiger partial charge is 0.336 e. The molecule has 2 aromatic rings. The zero-order valence-corrected chi connectivity index (χ0v) is 21.5. The van der Waals surface area contributed by atoms with Crippen LogP contribution in [-0.2, 0) is 11.2 Å². The number of halogens is 2. The lowest BCUT2D eigenvalue weighted by Crippen LogP contribution is -2.60. The number of esters is 1. The predicted molar refractivity (Wildman–Crippen MR) is 138 cm³/mol. The molecule has 0 saturated heterocycles. The summed E-state index contributed by atoms with van der Waals surface area (Å²) in [7, 11) is 0. The maximum atomic E-state index is 15.2. The number of rotatable bonds is 4. The number of aliphatic hydroxyl groups is 1. The Hall–Kier alpha value is -2.71. The minimum absolute atomic E-state index is 0.0141. The van der Waals surface area contributed by atoms with Crippen LogP contribution in [0.4, 0.5) is 8.78 Å². The van der Waals surface area contributed by atoms with Gasteiger partial charge in [0.1, 0.15) is 11.4 Å². The Balaban J connectivity index is 1.46. The number of carbonyl (C=O) groups excluding carboxylic acids is 1. The summed E-state index contributed by atoms with van der Waals surface area (Å²) in [5.41, 5.74) is 1.62. The van der Waals surface area contributed by atoms with Crippen LogP contribution in [0, 0.1) is 29.6 Å². The average Bonchev–Trinajstić information content (AvgIpc) is 3.68. The van der Waals surface area contributed by atoms with E-state index in [0.717, 1.165) is 24.0 Å². The second-order valence-electron chi connectivity index (χ2n) is 12.1. The first-order chi connectivity index (χ1) is 17.6. The van der Waals surface area contributed by atoms with E-state index in [0.29, 0.717) is 24.5 Å². The number of hydrogen-bond donors (Lipinski definition) is 1. The van der Waals surface area contributed by atoms with E-state index in [1.165, 1.54) is 30.9 Å². The summed E-state index contributed by atoms with van der Waals surface area (Å²) in [4.78, 5) is 11.5. The van der Waals surface area contributed by atoms with Crippen molar-refractivity contribution in [2.75, 3.05) is 0 Å². The number of carbonyl (C=O) groups is 1. The Bertz CT molecular complexity index is 1270. The summed E-state index contributed by atoms with van der Waals surface area (Å²) >= 11 is 0. The predicted octanol–water partition coefficient (Wildman–Crippen LogP) is 6.74. The molecule has 6 rings (SSSR count). The van der Waals surface area contributed by atoms with Gasteiger partial charge in [0.2, 0.25) is 0 Å². The summed E-state index contributed by atoms with van der Waals surface area (Å²) in [6, 6.07) is 14.6. The van der Waals surface area contributed by atoms with Gasteiger partial charge < -0.3 is 9.84 Å². The Morgan fingerprint density at radius 2 is 1.81 bits per heavy atom. The van der Waals surface area contributed by atoms with E-state index >= 15 is 8.78 Å². The van der Waals surface area contributed by atoms with E-state index < -0.39 is 16.9 Å². The van der Waals surface area contributed by atoms with Crippen molar-refractivity contribution in [1.82, 2.24) is 0 Å². The van der Waals surface area contributed by atoms with Crippen LogP contribution >= 0.6 is 0 Å². The van der Waals surface area contributed by atoms with Gasteiger partial charge in [-0.25, -0.2) is 0 Å². The number of benzene rings is 2. The Morgan fingerprint density at radius 3 is 2.46 bits per heavy atom. The van der Waals surface area contributed by atoms with Gasteiger partial charge in [0.25, 0.3) is 0 Å². The maximum absolute atomic E-state index is 15.2. The van der Waals surface area contributed by atoms with Gasteiger partial charge >= 0.3 is 11.9 Å². The first-order valence-electron chi connectivity index (χ1n) is 13.6. The van der Waals surface area contributed by atoms with Crippen LogP contribution in [0.3, 0.4) is 0 Å². The molecular formula is C32H34F2O3. The molecule has 0 bridgehead atoms. The lowest BCUT2D eigenvalue weighted by molar-refractivity contribution is -0.214. The number of fused-ring (bicyclic) bond motifs is 5. The second-order valence-corrected chi connectivity index (χ2v) is 12.1. The van der Waals surface area contributed by atoms with Crippen LogP contribution in [0.15, 0.2) is 42.5 Å². The molecular weight excluding hydrogens is 470 g/mol. The van der Waals surface area contributed by atoms with Gasteiger partial charge in [-0.15, -0.1) is 6.42 Å². The van der Waals surface area contributed by atoms with Crippen molar-refractivity contribution in [1.29, 1.82) is 0 Å². The van der Waals surface area contributed by atoms with E-state index in [2.05, 4.69) is 30.3 Å². The highest BCUT2D eigenvalue weighted by atomic mass is 19.3. The largest absolute Gasteiger partial charge is 0.427 e. The topological polar surface area (TPSA) is 46.5 Å². The molecule has 37 heavy (non-hydrogen) atoms. The van der Waals surface area contributed by atoms with Crippen molar-refractivity contribution < 1.29 is 23.4 Å². The fraction of sp³-hybridized carbons (Fsp3) is 0.531. The van der Waals surface area contributed by atoms with Crippen molar-refractivity contribution in [3.05, 3.63) is 64.7 Å². The fourth-order valence-corrected chi connectivity index (χ4v) is 8.31. The fourth-order valence-electron chi connectivity index (χ4n) is 8.31. The van der Waals surface area contributed by atoms with Crippen molar-refractivity contribution in [2.45, 2.75) is 88.1 Å². The molecule has 3 saturated carbocycles. The van der Waals surface area contributed by atoms with Gasteiger partial charge in [-0.2, -0.15) is 8.78 Å². The van der Waals surface area contributed by atoms with Gasteiger partial charge in [-0.1, -0.05) is 37.3 Å². The number of terminal acetylenes is 1. The third-order valence-electron chi connectivity index (χ3n) is 10.2. The highest BCUT2D eigenvalue weighted by Crippen LogP contribution is 2.70. The van der Waals surface area contributed by atoms with Crippen LogP contribution < -0.4 is 4.74 Å². The molecule has 0 radical (unpaired) electrons. The third kappa shape index (κ3) is 3.67. The molecule has 5 heteroatoms. The molecule has 3 fully saturated rings. The van der Waals surface area contributed by atoms with Crippen LogP contribution in [-0.4, -0.2) is 22.6 Å². The zero-order valence-electron chi connectivity index (χ0n) is 21.5. The van der Waals surface area contributed by atoms with E-state index in [1.54, 1.807) is 5.92 Å². The molecule has 0 spiro atoms. The summed E-state index contributed by atoms with van der Waals surface area (Å²) in [6.45, 7) is 3.25. The van der Waals surface area contributed by atoms with Crippen LogP contribution in [0.2, 0.25) is 0 Å². The van der Waals surface area contributed by atoms with E-state index in [1.807, 2.05) is 19.1 Å². The second kappa shape index (κ2) is 8.40. The van der Waals surface area contributed by atoms with Gasteiger partial charge in [0.05, 0.1) is 0 Å². The number of ether oxygens (including phenoxy) is 1. The SMILES string of the molecule is C#CC(F)(F)[C@]1(O)CC[C@H]2[C@@H]3CCc4cc(OC(C)=O)ccc4C3[C@H](c3ccc(C4CC4)cc3)C[C@@]21C. The quantitative estimate of drug-likeness (QED) is 0.285. The van der Waals surface area contributed by atoms with E-state index in [-0.39, 0.29) is 36.1 Å². The lowest BCUT2D eigenvalue weighted by atomic mass is 9.48. The Kier molecular flexibility index (Phi) is 5.59. The van der Waals surface area contributed by atoms with Crippen molar-refractivity contribution in [3.8, 4) is 18.1 Å². The standard InChI is InChI=1S/C32H34F2O3/c1-4-32(33,34)31(36)16-15-28-26-13-11-23-17-24(37-19(2)35)12-14-25(23)29(26)27(18-30(28,31)3)22-9-7-21(8-10-22)20-5-6-20/h1,7-10,12,14,17,20,26-29,36H,5-6,11,13,15-16,18H2,2-3H3/t26-,27-,28-,29?,30-,31-/m0/s1. The van der Waals surface area contributed by atoms with Gasteiger partial charge in [0.15, 0.2) is 0 Å². The molecule has 0 aromatic heterocycles. The average molecular weight is 505 g/mol. The molecule has 1 unspecified atom stereocenters. The Morgan fingerprint density at radius 1 is 1.11 bits per heavy atom. The monoisotopic (exact) mass is 504 g/mol. The molecule has 1 N–H and O–H groups in total. The molecule has 194 valence electrons. The molecule has 3 nitrogen and oxygen atoms in total. The van der Waals surface area contributed by atoms with Crippen LogP contribution in [0.5, 0.6) is 5.75 Å². The number of alkyl halides is 2. The minimum atomic E-state index is -3.59. The van der Waals surface area contributed by atoms with Crippen molar-refractivity contribution in [2.24, 2.45) is 17.3 Å². The highest BCUT2D eigenvalue weighted by molar-refractivity contribution is 5.69. The Labute approximate surface area is 217 Å². The molecule has 0 heterocycles. The molecule has 0 amide bonds. The lowest BCUT2D eigenvalue weighted by Gasteiger charge is -2.57. The summed E-state index contributed by atoms with van der Waals surface area (Å²) in [6.07, 6.45) is 10.4. The van der Waals surface area contributed by atoms with Crippen molar-refractivity contribution >= 4 is 5.97 Å². The third-order valence-corrected chi connectivity index (χ3v) is 10.2. The first kappa shape index (κ1) is 24.6. The van der Waals surface area contributed by atoms with E-state index in [9.17, 15) is 9.90 Å². The molecule has 2 aromatic carbocycles. The minimum Gasteiger partial charge on any atom is -0.427 e. The molecule has 6 atom stereocenters. The van der Waals surface area contributed by atoms with Crippen LogP contribution in [0.25, 0.3) is 0 Å². The van der Waals surface area contributed by atoms with Gasteiger partial charge in [0, 0.05) is 12.3 Å². The molecule has 0 aliphatic heterocycles. The number of aryl methyl sites for hydroxylation is 1. The normalized spacial score (nSPS) is 34.6. The number of hydrogen-bond acceptors (Lipinski definition) is 3. The van der Waals surface area contributed by atoms with Crippen molar-refractivity contribution in [3.63, 3.8) is 0 Å². The highest BCUT2D eigenvalue weighted by Gasteiger charge is 2.71. The van der Waals surface area contributed by atoms with Crippen LogP contribution in [0.1, 0.15) is 92.4 Å². The summed E-state index contributed by atoms with van der Waals surface area (Å²) in [5.74, 6) is -0.899. The zero-order chi connectivity index (χ0) is 26.2.